The van der Waals surface area contributed by atoms with Crippen LogP contribution in [0, 0.1) is 0 Å². The van der Waals surface area contributed by atoms with Crippen molar-refractivity contribution >= 4 is 5.91 Å². The van der Waals surface area contributed by atoms with Crippen molar-refractivity contribution in [3.63, 3.8) is 0 Å². The topological polar surface area (TPSA) is 56.6 Å². The van der Waals surface area contributed by atoms with Crippen molar-refractivity contribution in [3.05, 3.63) is 47.8 Å². The summed E-state index contributed by atoms with van der Waals surface area (Å²) in [6.45, 7) is 2.83. The van der Waals surface area contributed by atoms with Crippen LogP contribution in [0.4, 0.5) is 0 Å². The van der Waals surface area contributed by atoms with Gasteiger partial charge in [-0.05, 0) is 56.2 Å². The van der Waals surface area contributed by atoms with Gasteiger partial charge in [-0.15, -0.1) is 0 Å². The van der Waals surface area contributed by atoms with Crippen LogP contribution in [0.2, 0.25) is 0 Å². The lowest BCUT2D eigenvalue weighted by atomic mass is 9.83. The average molecular weight is 381 g/mol. The summed E-state index contributed by atoms with van der Waals surface area (Å²) in [6.07, 6.45) is 7.37. The summed E-state index contributed by atoms with van der Waals surface area (Å²) in [5, 5.41) is 4.92. The van der Waals surface area contributed by atoms with E-state index in [1.807, 2.05) is 27.8 Å². The van der Waals surface area contributed by atoms with Crippen molar-refractivity contribution < 1.29 is 14.3 Å². The van der Waals surface area contributed by atoms with E-state index in [9.17, 15) is 4.79 Å². The van der Waals surface area contributed by atoms with E-state index in [-0.39, 0.29) is 17.6 Å². The summed E-state index contributed by atoms with van der Waals surface area (Å²) in [5.74, 6) is 0.153. The first kappa shape index (κ1) is 17.9. The molecule has 1 aromatic carbocycles. The maximum atomic E-state index is 12.8. The maximum Gasteiger partial charge on any atom is 0.251 e. The number of aromatic nitrogens is 2. The second kappa shape index (κ2) is 7.33. The largest absolute Gasteiger partial charge is 0.368 e. The van der Waals surface area contributed by atoms with Gasteiger partial charge in [0.05, 0.1) is 18.0 Å². The van der Waals surface area contributed by atoms with Gasteiger partial charge < -0.3 is 14.4 Å². The van der Waals surface area contributed by atoms with E-state index < -0.39 is 0 Å². The molecule has 5 rings (SSSR count). The molecule has 148 valence electrons. The van der Waals surface area contributed by atoms with Crippen molar-refractivity contribution in [1.82, 2.24) is 14.7 Å². The molecule has 2 saturated heterocycles. The Kier molecular flexibility index (Phi) is 4.69. The number of carbonyl (C=O) groups excluding carboxylic acids is 1. The predicted molar refractivity (Wildman–Crippen MR) is 104 cm³/mol. The Morgan fingerprint density at radius 2 is 1.93 bits per heavy atom. The van der Waals surface area contributed by atoms with E-state index in [0.717, 1.165) is 49.9 Å². The number of nitrogens with zero attached hydrogens (tertiary/aromatic N) is 3. The Morgan fingerprint density at radius 1 is 1.11 bits per heavy atom. The summed E-state index contributed by atoms with van der Waals surface area (Å²) < 4.78 is 14.0. The van der Waals surface area contributed by atoms with Crippen molar-refractivity contribution in [2.24, 2.45) is 0 Å². The van der Waals surface area contributed by atoms with E-state index in [4.69, 9.17) is 14.6 Å². The number of piperidine rings is 1. The number of carbonyl (C=O) groups is 1. The number of ether oxygens (including phenoxy) is 2. The molecule has 0 radical (unpaired) electrons. The lowest BCUT2D eigenvalue weighted by Gasteiger charge is -2.43. The number of likely N-dealkylation sites (tertiary alicyclic amines) is 1. The fourth-order valence-electron chi connectivity index (χ4n) is 4.72. The fraction of sp³-hybridized carbons (Fsp3) is 0.545. The highest BCUT2D eigenvalue weighted by Crippen LogP contribution is 2.41. The normalized spacial score (nSPS) is 24.1. The Labute approximate surface area is 165 Å². The van der Waals surface area contributed by atoms with Gasteiger partial charge >= 0.3 is 0 Å². The lowest BCUT2D eigenvalue weighted by molar-refractivity contribution is -0.154. The molecule has 0 bridgehead atoms. The van der Waals surface area contributed by atoms with Gasteiger partial charge in [-0.25, -0.2) is 4.68 Å². The third kappa shape index (κ3) is 3.14. The monoisotopic (exact) mass is 381 g/mol. The van der Waals surface area contributed by atoms with E-state index in [2.05, 4.69) is 18.3 Å². The van der Waals surface area contributed by atoms with Crippen LogP contribution in [0.15, 0.2) is 36.5 Å². The maximum absolute atomic E-state index is 12.8. The second-order valence-corrected chi connectivity index (χ2v) is 8.06. The first-order chi connectivity index (χ1) is 13.8. The average Bonchev–Trinajstić information content (AvgIpc) is 3.21. The summed E-state index contributed by atoms with van der Waals surface area (Å²) in [6, 6.07) is 10.2. The zero-order valence-electron chi connectivity index (χ0n) is 16.2. The van der Waals surface area contributed by atoms with Crippen molar-refractivity contribution in [3.8, 4) is 5.69 Å². The van der Waals surface area contributed by atoms with Crippen LogP contribution in [0.25, 0.3) is 5.69 Å². The Bertz CT molecular complexity index is 834. The standard InChI is InChI=1S/C22H27N3O3/c26-21(19-8-4-5-14-27-19)24-12-10-22(11-13-24)20-17(9-15-28-22)16-25(23-20)18-6-2-1-3-7-18/h1-3,6-7,16,19H,4-5,8-15H2. The first-order valence-electron chi connectivity index (χ1n) is 10.4. The quantitative estimate of drug-likeness (QED) is 0.803. The molecule has 4 heterocycles. The molecule has 1 atom stereocenters. The predicted octanol–water partition coefficient (Wildman–Crippen LogP) is 2.83. The van der Waals surface area contributed by atoms with Crippen molar-refractivity contribution in [1.29, 1.82) is 0 Å². The van der Waals surface area contributed by atoms with Gasteiger partial charge in [-0.3, -0.25) is 4.79 Å². The summed E-state index contributed by atoms with van der Waals surface area (Å²) in [5.41, 5.74) is 3.03. The SMILES string of the molecule is O=C(C1CCCCO1)N1CCC2(CC1)OCCc1cn(-c3ccccc3)nc12. The molecule has 0 N–H and O–H groups in total. The molecule has 3 aliphatic heterocycles. The molecular weight excluding hydrogens is 354 g/mol. The molecule has 2 fully saturated rings. The minimum Gasteiger partial charge on any atom is -0.368 e. The molecule has 1 amide bonds. The molecule has 0 saturated carbocycles. The number of hydrogen-bond acceptors (Lipinski definition) is 4. The van der Waals surface area contributed by atoms with Crippen LogP contribution in [-0.2, 0) is 26.3 Å². The molecule has 0 aliphatic carbocycles. The van der Waals surface area contributed by atoms with Crippen LogP contribution in [0.3, 0.4) is 0 Å². The van der Waals surface area contributed by atoms with Gasteiger partial charge in [0.1, 0.15) is 11.7 Å². The van der Waals surface area contributed by atoms with Crippen LogP contribution in [0.5, 0.6) is 0 Å². The molecule has 28 heavy (non-hydrogen) atoms. The molecule has 6 nitrogen and oxygen atoms in total. The molecule has 1 spiro atoms. The molecular formula is C22H27N3O3. The second-order valence-electron chi connectivity index (χ2n) is 8.06. The zero-order chi connectivity index (χ0) is 19.0. The Morgan fingerprint density at radius 3 is 2.68 bits per heavy atom. The highest BCUT2D eigenvalue weighted by atomic mass is 16.5. The molecule has 1 aromatic heterocycles. The van der Waals surface area contributed by atoms with Gasteiger partial charge in [0.2, 0.25) is 0 Å². The van der Waals surface area contributed by atoms with Crippen LogP contribution >= 0.6 is 0 Å². The van der Waals surface area contributed by atoms with Crippen molar-refractivity contribution in [2.45, 2.75) is 50.2 Å². The Hall–Kier alpha value is -2.18. The minimum atomic E-state index is -0.363. The number of rotatable bonds is 2. The van der Waals surface area contributed by atoms with E-state index >= 15 is 0 Å². The van der Waals surface area contributed by atoms with Gasteiger partial charge in [-0.1, -0.05) is 18.2 Å². The van der Waals surface area contributed by atoms with Crippen LogP contribution in [-0.4, -0.2) is 53.0 Å². The van der Waals surface area contributed by atoms with Crippen LogP contribution in [0.1, 0.15) is 43.4 Å². The van der Waals surface area contributed by atoms with E-state index in [1.165, 1.54) is 5.56 Å². The molecule has 3 aliphatic rings. The Balaban J connectivity index is 1.34. The number of benzene rings is 1. The highest BCUT2D eigenvalue weighted by molar-refractivity contribution is 5.81. The smallest absolute Gasteiger partial charge is 0.251 e. The summed E-state index contributed by atoms with van der Waals surface area (Å²) >= 11 is 0. The van der Waals surface area contributed by atoms with Gasteiger partial charge in [-0.2, -0.15) is 5.10 Å². The summed E-state index contributed by atoms with van der Waals surface area (Å²) in [7, 11) is 0. The number of amides is 1. The highest BCUT2D eigenvalue weighted by Gasteiger charge is 2.44. The molecule has 2 aromatic rings. The summed E-state index contributed by atoms with van der Waals surface area (Å²) in [4.78, 5) is 14.8. The van der Waals surface area contributed by atoms with Crippen LogP contribution < -0.4 is 0 Å². The van der Waals surface area contributed by atoms with Gasteiger partial charge in [0, 0.05) is 25.9 Å². The number of para-hydroxylation sites is 1. The lowest BCUT2D eigenvalue weighted by Crippen LogP contribution is -2.51. The van der Waals surface area contributed by atoms with E-state index in [0.29, 0.717) is 26.3 Å². The number of hydrogen-bond donors (Lipinski definition) is 0. The first-order valence-corrected chi connectivity index (χ1v) is 10.4. The van der Waals surface area contributed by atoms with Gasteiger partial charge in [0.15, 0.2) is 0 Å². The number of fused-ring (bicyclic) bond motifs is 2. The van der Waals surface area contributed by atoms with E-state index in [1.54, 1.807) is 0 Å². The zero-order valence-corrected chi connectivity index (χ0v) is 16.2. The minimum absolute atomic E-state index is 0.153. The third-order valence-corrected chi connectivity index (χ3v) is 6.33. The van der Waals surface area contributed by atoms with Crippen molar-refractivity contribution in [2.75, 3.05) is 26.3 Å². The fourth-order valence-corrected chi connectivity index (χ4v) is 4.72. The molecule has 1 unspecified atom stereocenters. The van der Waals surface area contributed by atoms with Gasteiger partial charge in [0.25, 0.3) is 5.91 Å². The molecule has 6 heteroatoms. The third-order valence-electron chi connectivity index (χ3n) is 6.33.